The van der Waals surface area contributed by atoms with Gasteiger partial charge in [0, 0.05) is 31.7 Å². The van der Waals surface area contributed by atoms with Crippen molar-refractivity contribution in [3.05, 3.63) is 103 Å². The number of halogens is 2. The van der Waals surface area contributed by atoms with Crippen LogP contribution in [0, 0.1) is 20.2 Å². The Morgan fingerprint density at radius 3 is 2.02 bits per heavy atom. The second-order valence-corrected chi connectivity index (χ2v) is 11.8. The van der Waals surface area contributed by atoms with E-state index in [4.69, 9.17) is 14.2 Å². The minimum absolute atomic E-state index is 0.0773. The molecule has 1 N–H and O–H groups in total. The highest BCUT2D eigenvalue weighted by Gasteiger charge is 2.38. The van der Waals surface area contributed by atoms with Gasteiger partial charge in [-0.25, -0.2) is 8.78 Å². The van der Waals surface area contributed by atoms with E-state index in [0.29, 0.717) is 50.0 Å². The van der Waals surface area contributed by atoms with Crippen LogP contribution in [0.4, 0.5) is 20.2 Å². The summed E-state index contributed by atoms with van der Waals surface area (Å²) in [7, 11) is 1.18. The lowest BCUT2D eigenvalue weighted by atomic mass is 9.99. The van der Waals surface area contributed by atoms with Gasteiger partial charge < -0.3 is 19.5 Å². The minimum Gasteiger partial charge on any atom is -0.492 e. The van der Waals surface area contributed by atoms with Crippen LogP contribution in [0.5, 0.6) is 11.5 Å². The van der Waals surface area contributed by atoms with Gasteiger partial charge in [-0.1, -0.05) is 55.5 Å². The summed E-state index contributed by atoms with van der Waals surface area (Å²) in [5, 5.41) is 26.5. The van der Waals surface area contributed by atoms with Gasteiger partial charge in [0.25, 0.3) is 11.6 Å². The molecule has 266 valence electrons. The fraction of sp³-hybridized carbons (Fsp3) is 0.457. The number of unbranched alkanes of at least 4 members (excludes halogenated alkanes) is 1. The molecule has 0 aliphatic rings. The van der Waals surface area contributed by atoms with Gasteiger partial charge >= 0.3 is 5.69 Å². The Balaban J connectivity index is 1.55. The summed E-state index contributed by atoms with van der Waals surface area (Å²) in [5.74, 6) is -3.80. The summed E-state index contributed by atoms with van der Waals surface area (Å²) in [5.41, 5.74) is 1.22. The highest BCUT2D eigenvalue weighted by atomic mass is 32.1. The van der Waals surface area contributed by atoms with Crippen LogP contribution in [0.2, 0.25) is 0 Å². The van der Waals surface area contributed by atoms with Gasteiger partial charge in [-0.2, -0.15) is 12.6 Å². The summed E-state index contributed by atoms with van der Waals surface area (Å²) in [4.78, 5) is 35.4. The molecule has 0 spiro atoms. The van der Waals surface area contributed by atoms with Gasteiger partial charge in [0.05, 0.1) is 29.6 Å². The monoisotopic (exact) mass is 703 g/mol. The summed E-state index contributed by atoms with van der Waals surface area (Å²) >= 11 is 4.23. The molecule has 0 atom stereocenters. The predicted molar refractivity (Wildman–Crippen MR) is 185 cm³/mol. The zero-order chi connectivity index (χ0) is 35.8. The minimum atomic E-state index is -2.73. The van der Waals surface area contributed by atoms with Gasteiger partial charge in [0.15, 0.2) is 11.3 Å². The maximum atomic E-state index is 14.5. The summed E-state index contributed by atoms with van der Waals surface area (Å²) < 4.78 is 44.9. The highest BCUT2D eigenvalue weighted by Crippen LogP contribution is 2.44. The molecular weight excluding hydrogens is 660 g/mol. The molecule has 1 amide bonds. The van der Waals surface area contributed by atoms with Crippen LogP contribution in [0.25, 0.3) is 0 Å². The summed E-state index contributed by atoms with van der Waals surface area (Å²) in [6.07, 6.45) is 2.98. The Bertz CT molecular complexity index is 1540. The SMILES string of the molecule is CCCOCCOc1c(OC)cc([N+](=O)[O-])c(C(=O)NCc2ccc(CCCCC(F)(F)CCCc3ccc(CS)cc3)cc2)c1[N+](=O)[O-]. The quantitative estimate of drug-likeness (QED) is 0.0463. The third kappa shape index (κ3) is 12.3. The first kappa shape index (κ1) is 39.1. The fourth-order valence-corrected chi connectivity index (χ4v) is 5.40. The van der Waals surface area contributed by atoms with Crippen molar-refractivity contribution in [3.8, 4) is 11.5 Å². The number of carbonyl (C=O) groups is 1. The van der Waals surface area contributed by atoms with Crippen molar-refractivity contribution in [3.63, 3.8) is 0 Å². The molecule has 0 heterocycles. The fourth-order valence-electron chi connectivity index (χ4n) is 5.19. The second-order valence-electron chi connectivity index (χ2n) is 11.5. The summed E-state index contributed by atoms with van der Waals surface area (Å²) in [6, 6.07) is 15.8. The van der Waals surface area contributed by atoms with Gasteiger partial charge in [-0.05, 0) is 60.8 Å². The molecule has 3 aromatic rings. The Labute approximate surface area is 290 Å². The molecule has 0 saturated heterocycles. The number of nitrogens with zero attached hydrogens (tertiary/aromatic N) is 2. The number of nitro benzene ring substituents is 2. The Morgan fingerprint density at radius 1 is 0.857 bits per heavy atom. The number of alkyl halides is 2. The first-order chi connectivity index (χ1) is 23.5. The molecule has 3 aromatic carbocycles. The number of rotatable bonds is 22. The molecule has 0 aliphatic carbocycles. The number of hydrogen-bond acceptors (Lipinski definition) is 9. The zero-order valence-corrected chi connectivity index (χ0v) is 28.6. The summed E-state index contributed by atoms with van der Waals surface area (Å²) in [6.45, 7) is 2.27. The third-order valence-corrected chi connectivity index (χ3v) is 8.16. The maximum Gasteiger partial charge on any atom is 0.334 e. The third-order valence-electron chi connectivity index (χ3n) is 7.80. The molecule has 0 radical (unpaired) electrons. The van der Waals surface area contributed by atoms with E-state index in [1.807, 2.05) is 43.3 Å². The Morgan fingerprint density at radius 2 is 1.45 bits per heavy atom. The normalized spacial score (nSPS) is 11.3. The molecule has 0 bridgehead atoms. The zero-order valence-electron chi connectivity index (χ0n) is 27.8. The van der Waals surface area contributed by atoms with Gasteiger partial charge in [-0.3, -0.25) is 25.0 Å². The molecular formula is C35H43F2N3O8S. The van der Waals surface area contributed by atoms with Gasteiger partial charge in [0.1, 0.15) is 6.61 Å². The molecule has 0 fully saturated rings. The number of amides is 1. The molecule has 14 heteroatoms. The van der Waals surface area contributed by atoms with Crippen LogP contribution in [0.15, 0.2) is 54.6 Å². The number of benzene rings is 3. The van der Waals surface area contributed by atoms with Crippen molar-refractivity contribution < 1.29 is 37.6 Å². The van der Waals surface area contributed by atoms with Crippen LogP contribution in [-0.4, -0.2) is 48.6 Å². The number of thiol groups is 1. The van der Waals surface area contributed by atoms with E-state index in [9.17, 15) is 33.8 Å². The topological polar surface area (TPSA) is 143 Å². The van der Waals surface area contributed by atoms with Crippen molar-refractivity contribution in [2.75, 3.05) is 26.9 Å². The first-order valence-corrected chi connectivity index (χ1v) is 16.8. The lowest BCUT2D eigenvalue weighted by Crippen LogP contribution is -2.25. The van der Waals surface area contributed by atoms with Crippen LogP contribution >= 0.6 is 12.6 Å². The van der Waals surface area contributed by atoms with Crippen molar-refractivity contribution in [1.29, 1.82) is 0 Å². The van der Waals surface area contributed by atoms with E-state index >= 15 is 0 Å². The number of methoxy groups -OCH3 is 1. The van der Waals surface area contributed by atoms with E-state index < -0.39 is 44.4 Å². The molecule has 49 heavy (non-hydrogen) atoms. The standard InChI is InChI=1S/C35H43F2N3O8S/c1-3-19-47-20-21-48-33-30(46-2)22-29(39(42)43)31(32(33)40(44)45)34(41)38-23-27-13-9-25(10-14-27)7-4-5-17-35(36,37)18-6-8-26-11-15-28(24-49)16-12-26/h9-16,22,49H,3-8,17-21,23-24H2,1-2H3,(H,38,41). The highest BCUT2D eigenvalue weighted by molar-refractivity contribution is 7.79. The van der Waals surface area contributed by atoms with E-state index in [0.717, 1.165) is 29.2 Å². The van der Waals surface area contributed by atoms with Crippen LogP contribution in [-0.2, 0) is 29.9 Å². The van der Waals surface area contributed by atoms with Crippen LogP contribution < -0.4 is 14.8 Å². The average Bonchev–Trinajstić information content (AvgIpc) is 3.09. The molecule has 0 aromatic heterocycles. The Kier molecular flexibility index (Phi) is 15.7. The average molecular weight is 704 g/mol. The molecule has 0 unspecified atom stereocenters. The smallest absolute Gasteiger partial charge is 0.334 e. The first-order valence-electron chi connectivity index (χ1n) is 16.2. The van der Waals surface area contributed by atoms with Crippen molar-refractivity contribution >= 4 is 29.9 Å². The maximum absolute atomic E-state index is 14.5. The van der Waals surface area contributed by atoms with Gasteiger partial charge in [0.2, 0.25) is 11.7 Å². The van der Waals surface area contributed by atoms with Gasteiger partial charge in [-0.15, -0.1) is 0 Å². The van der Waals surface area contributed by atoms with Crippen LogP contribution in [0.3, 0.4) is 0 Å². The molecule has 11 nitrogen and oxygen atoms in total. The van der Waals surface area contributed by atoms with Crippen molar-refractivity contribution in [1.82, 2.24) is 5.32 Å². The Hall–Kier alpha value is -4.30. The van der Waals surface area contributed by atoms with E-state index in [-0.39, 0.29) is 38.3 Å². The number of aryl methyl sites for hydroxylation is 2. The lowest BCUT2D eigenvalue weighted by Gasteiger charge is -2.16. The number of hydrogen-bond donors (Lipinski definition) is 2. The lowest BCUT2D eigenvalue weighted by molar-refractivity contribution is -0.395. The number of nitrogens with one attached hydrogen (secondary N) is 1. The largest absolute Gasteiger partial charge is 0.492 e. The molecule has 0 aliphatic heterocycles. The molecule has 0 saturated carbocycles. The van der Waals surface area contributed by atoms with Crippen LogP contribution in [0.1, 0.15) is 78.1 Å². The van der Waals surface area contributed by atoms with Crippen molar-refractivity contribution in [2.45, 2.75) is 76.5 Å². The number of nitro groups is 2. The molecule has 3 rings (SSSR count). The van der Waals surface area contributed by atoms with E-state index in [2.05, 4.69) is 17.9 Å². The van der Waals surface area contributed by atoms with Crippen molar-refractivity contribution in [2.24, 2.45) is 0 Å². The van der Waals surface area contributed by atoms with E-state index in [1.54, 1.807) is 12.1 Å². The predicted octanol–water partition coefficient (Wildman–Crippen LogP) is 8.05. The number of ether oxygens (including phenoxy) is 3. The number of carbonyl (C=O) groups excluding carboxylic acids is 1. The van der Waals surface area contributed by atoms with E-state index in [1.165, 1.54) is 7.11 Å². The second kappa shape index (κ2) is 19.6.